The topological polar surface area (TPSA) is 52.3 Å². The van der Waals surface area contributed by atoms with Crippen molar-refractivity contribution in [1.29, 1.82) is 0 Å². The summed E-state index contributed by atoms with van der Waals surface area (Å²) in [6.45, 7) is 3.99. The summed E-state index contributed by atoms with van der Waals surface area (Å²) in [5, 5.41) is 0. The van der Waals surface area contributed by atoms with Gasteiger partial charge in [-0.1, -0.05) is 35.4 Å². The molecule has 2 N–H and O–H groups in total. The fourth-order valence-corrected chi connectivity index (χ4v) is 1.06. The van der Waals surface area contributed by atoms with Gasteiger partial charge < -0.3 is 10.5 Å². The van der Waals surface area contributed by atoms with Crippen molar-refractivity contribution >= 4 is 28.7 Å². The van der Waals surface area contributed by atoms with Crippen LogP contribution in [0.2, 0.25) is 0 Å². The summed E-state index contributed by atoms with van der Waals surface area (Å²) in [7, 11) is 0. The lowest BCUT2D eigenvalue weighted by Crippen LogP contribution is -2.28. The van der Waals surface area contributed by atoms with Crippen LogP contribution in [-0.4, -0.2) is 16.1 Å². The number of primary amides is 1. The Morgan fingerprint density at radius 2 is 2.33 bits per heavy atom. The van der Waals surface area contributed by atoms with Crippen molar-refractivity contribution in [2.75, 3.05) is 6.61 Å². The Balaban J connectivity index is 4.11. The number of nitrogens with two attached hydrogens (primary N) is 1. The maximum absolute atomic E-state index is 10.3. The normalized spacial score (nSPS) is 13.9. The molecule has 0 aliphatic rings. The Hall–Kier alpha value is -0.440. The monoisotopic (exact) mass is 281 g/mol. The highest BCUT2D eigenvalue weighted by Gasteiger charge is 2.22. The molecule has 1 unspecified atom stereocenters. The van der Waals surface area contributed by atoms with Crippen LogP contribution >= 0.6 is 22.6 Å². The molecule has 0 bridgehead atoms. The summed E-state index contributed by atoms with van der Waals surface area (Å²) in [5.74, 6) is 5.76. The molecule has 3 nitrogen and oxygen atoms in total. The number of rotatable bonds is 3. The third-order valence-corrected chi connectivity index (χ3v) is 2.70. The lowest BCUT2D eigenvalue weighted by atomic mass is 10.1. The Labute approximate surface area is 86.2 Å². The summed E-state index contributed by atoms with van der Waals surface area (Å²) in [4.78, 5) is 10.3. The minimum absolute atomic E-state index is 0.250. The molecule has 0 aliphatic carbocycles. The second kappa shape index (κ2) is 5.25. The van der Waals surface area contributed by atoms with Crippen LogP contribution in [0.25, 0.3) is 0 Å². The van der Waals surface area contributed by atoms with Gasteiger partial charge in [0, 0.05) is 0 Å². The van der Waals surface area contributed by atoms with Gasteiger partial charge in [0.05, 0.1) is 0 Å². The molecule has 4 heteroatoms. The van der Waals surface area contributed by atoms with Gasteiger partial charge in [0.1, 0.15) is 10.0 Å². The van der Waals surface area contributed by atoms with Gasteiger partial charge in [-0.3, -0.25) is 0 Å². The fraction of sp³-hybridized carbons (Fsp3) is 0.625. The van der Waals surface area contributed by atoms with Crippen molar-refractivity contribution in [3.63, 3.8) is 0 Å². The molecule has 1 atom stereocenters. The van der Waals surface area contributed by atoms with Crippen molar-refractivity contribution in [1.82, 2.24) is 0 Å². The van der Waals surface area contributed by atoms with E-state index in [2.05, 4.69) is 39.2 Å². The van der Waals surface area contributed by atoms with Crippen LogP contribution in [0, 0.1) is 11.8 Å². The van der Waals surface area contributed by atoms with Crippen LogP contribution in [0.1, 0.15) is 20.3 Å². The molecule has 0 fully saturated rings. The third-order valence-electron chi connectivity index (χ3n) is 1.35. The highest BCUT2D eigenvalue weighted by atomic mass is 127. The van der Waals surface area contributed by atoms with E-state index in [1.54, 1.807) is 6.92 Å². The number of hydrogen-bond acceptors (Lipinski definition) is 2. The number of carbonyl (C=O) groups is 1. The van der Waals surface area contributed by atoms with Crippen molar-refractivity contribution in [2.45, 2.75) is 23.7 Å². The van der Waals surface area contributed by atoms with E-state index in [0.29, 0.717) is 0 Å². The Bertz CT molecular complexity index is 219. The van der Waals surface area contributed by atoms with Gasteiger partial charge in [0.25, 0.3) is 0 Å². The van der Waals surface area contributed by atoms with Crippen LogP contribution in [0.5, 0.6) is 0 Å². The van der Waals surface area contributed by atoms with E-state index in [-0.39, 0.29) is 10.0 Å². The zero-order chi connectivity index (χ0) is 9.61. The van der Waals surface area contributed by atoms with E-state index in [0.717, 1.165) is 6.42 Å². The van der Waals surface area contributed by atoms with Gasteiger partial charge in [-0.15, -0.1) is 5.92 Å². The first-order valence-corrected chi connectivity index (χ1v) is 4.67. The van der Waals surface area contributed by atoms with Crippen LogP contribution in [-0.2, 0) is 4.74 Å². The van der Waals surface area contributed by atoms with E-state index >= 15 is 0 Å². The molecule has 0 saturated carbocycles. The van der Waals surface area contributed by atoms with E-state index in [1.807, 2.05) is 6.92 Å². The first-order valence-electron chi connectivity index (χ1n) is 3.59. The molecule has 0 aliphatic heterocycles. The number of hydrogen-bond donors (Lipinski definition) is 1. The largest absolute Gasteiger partial charge is 0.447 e. The Morgan fingerprint density at radius 3 is 2.67 bits per heavy atom. The molecule has 0 aromatic heterocycles. The smallest absolute Gasteiger partial charge is 0.404 e. The molecular weight excluding hydrogens is 269 g/mol. The number of amides is 1. The average Bonchev–Trinajstić information content (AvgIpc) is 2.02. The first kappa shape index (κ1) is 11.6. The Morgan fingerprint density at radius 1 is 1.75 bits per heavy atom. The highest BCUT2D eigenvalue weighted by Crippen LogP contribution is 2.22. The fourth-order valence-electron chi connectivity index (χ4n) is 0.636. The molecule has 0 spiro atoms. The minimum Gasteiger partial charge on any atom is -0.447 e. The maximum Gasteiger partial charge on any atom is 0.404 e. The molecular formula is C8H12INO2. The second-order valence-electron chi connectivity index (χ2n) is 2.30. The lowest BCUT2D eigenvalue weighted by molar-refractivity contribution is 0.152. The van der Waals surface area contributed by atoms with Gasteiger partial charge in [0.2, 0.25) is 0 Å². The van der Waals surface area contributed by atoms with Crippen molar-refractivity contribution in [3.05, 3.63) is 0 Å². The molecule has 0 rings (SSSR count). The van der Waals surface area contributed by atoms with E-state index in [4.69, 9.17) is 5.73 Å². The van der Waals surface area contributed by atoms with Gasteiger partial charge in [-0.05, 0) is 13.3 Å². The van der Waals surface area contributed by atoms with Crippen molar-refractivity contribution in [3.8, 4) is 11.8 Å². The number of ether oxygens (including phenoxy) is 1. The number of carbonyl (C=O) groups excluding carboxylic acids is 1. The molecule has 0 aromatic carbocycles. The van der Waals surface area contributed by atoms with Gasteiger partial charge >= 0.3 is 6.09 Å². The van der Waals surface area contributed by atoms with Gasteiger partial charge in [-0.2, -0.15) is 0 Å². The zero-order valence-electron chi connectivity index (χ0n) is 7.19. The SMILES string of the molecule is CC#CC(I)(CC)COC(N)=O. The van der Waals surface area contributed by atoms with E-state index < -0.39 is 6.09 Å². The van der Waals surface area contributed by atoms with Crippen LogP contribution in [0.4, 0.5) is 4.79 Å². The summed E-state index contributed by atoms with van der Waals surface area (Å²) < 4.78 is 4.39. The predicted octanol–water partition coefficient (Wildman–Crippen LogP) is 1.69. The molecule has 12 heavy (non-hydrogen) atoms. The summed E-state index contributed by atoms with van der Waals surface area (Å²) in [6.07, 6.45) is 0.0733. The second-order valence-corrected chi connectivity index (χ2v) is 4.37. The Kier molecular flexibility index (Phi) is 5.06. The first-order chi connectivity index (χ1) is 5.54. The van der Waals surface area contributed by atoms with Gasteiger partial charge in [0.15, 0.2) is 0 Å². The van der Waals surface area contributed by atoms with Crippen molar-refractivity contribution in [2.24, 2.45) is 5.73 Å². The number of halogens is 1. The van der Waals surface area contributed by atoms with Crippen molar-refractivity contribution < 1.29 is 9.53 Å². The molecule has 0 aromatic rings. The molecule has 0 radical (unpaired) electrons. The molecule has 0 saturated heterocycles. The lowest BCUT2D eigenvalue weighted by Gasteiger charge is -2.18. The van der Waals surface area contributed by atoms with E-state index in [1.165, 1.54) is 0 Å². The van der Waals surface area contributed by atoms with Crippen LogP contribution in [0.15, 0.2) is 0 Å². The molecule has 68 valence electrons. The zero-order valence-corrected chi connectivity index (χ0v) is 9.34. The average molecular weight is 281 g/mol. The number of alkyl halides is 1. The summed E-state index contributed by atoms with van der Waals surface area (Å²) in [6, 6.07) is 0. The molecule has 0 heterocycles. The van der Waals surface area contributed by atoms with Crippen LogP contribution < -0.4 is 5.73 Å². The third kappa shape index (κ3) is 4.44. The minimum atomic E-state index is -0.748. The quantitative estimate of drug-likeness (QED) is 0.486. The molecule has 1 amide bonds. The van der Waals surface area contributed by atoms with Crippen LogP contribution in [0.3, 0.4) is 0 Å². The summed E-state index contributed by atoms with van der Waals surface area (Å²) >= 11 is 2.17. The summed E-state index contributed by atoms with van der Waals surface area (Å²) in [5.41, 5.74) is 4.84. The maximum atomic E-state index is 10.3. The highest BCUT2D eigenvalue weighted by molar-refractivity contribution is 14.1. The van der Waals surface area contributed by atoms with Gasteiger partial charge in [-0.25, -0.2) is 4.79 Å². The predicted molar refractivity (Wildman–Crippen MR) is 56.0 cm³/mol. The standard InChI is InChI=1S/C8H12INO2/c1-3-5-8(9,4-2)6-12-7(10)11/h4,6H2,1-2H3,(H2,10,11). The van der Waals surface area contributed by atoms with E-state index in [9.17, 15) is 4.79 Å².